The first-order valence-electron chi connectivity index (χ1n) is 10.6. The zero-order chi connectivity index (χ0) is 27.1. The van der Waals surface area contributed by atoms with Gasteiger partial charge in [-0.2, -0.15) is 13.2 Å². The van der Waals surface area contributed by atoms with Crippen LogP contribution >= 0.6 is 22.9 Å². The Labute approximate surface area is 219 Å². The summed E-state index contributed by atoms with van der Waals surface area (Å²) in [6.07, 6.45) is -3.79. The molecule has 3 rings (SSSR count). The molecule has 3 aromatic rings. The number of pyridine rings is 1. The molecule has 2 amide bonds. The zero-order valence-corrected chi connectivity index (χ0v) is 21.3. The molecule has 0 saturated heterocycles. The number of carbonyl (C=O) groups excluding carboxylic acids is 2. The Balaban J connectivity index is 1.39. The van der Waals surface area contributed by atoms with Crippen molar-refractivity contribution in [3.05, 3.63) is 75.8 Å². The molecule has 0 aliphatic rings. The highest BCUT2D eigenvalue weighted by Crippen LogP contribution is 2.28. The SMILES string of the molecule is O=C(CNS(=O)(=O)c1ccc(CNC(=O)c2ccc(Cl)cc2)s1)NCCNc1ccc(C(F)(F)F)cn1. The van der Waals surface area contributed by atoms with Gasteiger partial charge >= 0.3 is 6.18 Å². The first-order valence-corrected chi connectivity index (χ1v) is 13.3. The predicted octanol–water partition coefficient (Wildman–Crippen LogP) is 3.25. The average Bonchev–Trinajstić information content (AvgIpc) is 3.34. The van der Waals surface area contributed by atoms with Gasteiger partial charge in [0.1, 0.15) is 10.0 Å². The minimum absolute atomic E-state index is 0.0221. The molecule has 0 aliphatic heterocycles. The van der Waals surface area contributed by atoms with Gasteiger partial charge in [-0.3, -0.25) is 9.59 Å². The van der Waals surface area contributed by atoms with E-state index in [0.29, 0.717) is 21.7 Å². The maximum Gasteiger partial charge on any atom is 0.417 e. The van der Waals surface area contributed by atoms with Gasteiger partial charge in [-0.05, 0) is 48.5 Å². The number of thiophene rings is 1. The molecule has 2 heterocycles. The van der Waals surface area contributed by atoms with E-state index in [1.165, 1.54) is 6.07 Å². The number of aromatic nitrogens is 1. The summed E-state index contributed by atoms with van der Waals surface area (Å²) in [6.45, 7) is -0.156. The Morgan fingerprint density at radius 2 is 1.70 bits per heavy atom. The number of halogens is 4. The molecule has 2 aromatic heterocycles. The van der Waals surface area contributed by atoms with Crippen LogP contribution in [0.2, 0.25) is 5.02 Å². The van der Waals surface area contributed by atoms with Gasteiger partial charge in [0, 0.05) is 34.7 Å². The van der Waals surface area contributed by atoms with Crippen molar-refractivity contribution >= 4 is 50.6 Å². The van der Waals surface area contributed by atoms with Crippen molar-refractivity contribution in [1.82, 2.24) is 20.3 Å². The number of hydrogen-bond donors (Lipinski definition) is 4. The van der Waals surface area contributed by atoms with E-state index in [9.17, 15) is 31.2 Å². The van der Waals surface area contributed by atoms with E-state index in [1.54, 1.807) is 30.3 Å². The average molecular weight is 576 g/mol. The first kappa shape index (κ1) is 28.4. The third-order valence-corrected chi connectivity index (χ3v) is 7.93. The number of anilines is 1. The Morgan fingerprint density at radius 1 is 0.973 bits per heavy atom. The summed E-state index contributed by atoms with van der Waals surface area (Å²) in [7, 11) is -3.96. The lowest BCUT2D eigenvalue weighted by Gasteiger charge is -2.10. The Hall–Kier alpha value is -3.20. The summed E-state index contributed by atoms with van der Waals surface area (Å²) < 4.78 is 64.7. The largest absolute Gasteiger partial charge is 0.417 e. The maximum atomic E-state index is 12.5. The van der Waals surface area contributed by atoms with Crippen LogP contribution in [0.25, 0.3) is 0 Å². The summed E-state index contributed by atoms with van der Waals surface area (Å²) in [4.78, 5) is 28.4. The molecule has 0 unspecified atom stereocenters. The van der Waals surface area contributed by atoms with Gasteiger partial charge in [0.25, 0.3) is 15.9 Å². The van der Waals surface area contributed by atoms with Gasteiger partial charge < -0.3 is 16.0 Å². The summed E-state index contributed by atoms with van der Waals surface area (Å²) >= 11 is 6.75. The molecule has 0 fully saturated rings. The van der Waals surface area contributed by atoms with Gasteiger partial charge in [-0.15, -0.1) is 11.3 Å². The number of alkyl halides is 3. The predicted molar refractivity (Wildman–Crippen MR) is 133 cm³/mol. The fourth-order valence-electron chi connectivity index (χ4n) is 2.82. The molecule has 37 heavy (non-hydrogen) atoms. The van der Waals surface area contributed by atoms with Crippen LogP contribution < -0.4 is 20.7 Å². The van der Waals surface area contributed by atoms with Crippen LogP contribution in [0.3, 0.4) is 0 Å². The molecule has 0 bridgehead atoms. The number of carbonyl (C=O) groups is 2. The molecule has 9 nitrogen and oxygen atoms in total. The third kappa shape index (κ3) is 8.70. The molecular weight excluding hydrogens is 555 g/mol. The van der Waals surface area contributed by atoms with Crippen LogP contribution in [0, 0.1) is 0 Å². The van der Waals surface area contributed by atoms with E-state index in [0.717, 1.165) is 23.5 Å². The topological polar surface area (TPSA) is 129 Å². The molecule has 4 N–H and O–H groups in total. The monoisotopic (exact) mass is 575 g/mol. The lowest BCUT2D eigenvalue weighted by molar-refractivity contribution is -0.137. The van der Waals surface area contributed by atoms with Crippen molar-refractivity contribution in [3.8, 4) is 0 Å². The highest BCUT2D eigenvalue weighted by Gasteiger charge is 2.30. The fourth-order valence-corrected chi connectivity index (χ4v) is 5.27. The zero-order valence-electron chi connectivity index (χ0n) is 18.9. The minimum Gasteiger partial charge on any atom is -0.368 e. The molecule has 1 aromatic carbocycles. The highest BCUT2D eigenvalue weighted by atomic mass is 35.5. The molecule has 0 saturated carbocycles. The molecule has 0 atom stereocenters. The van der Waals surface area contributed by atoms with Crippen LogP contribution in [-0.2, 0) is 27.5 Å². The number of hydrogen-bond acceptors (Lipinski definition) is 7. The number of nitrogens with zero attached hydrogens (tertiary/aromatic N) is 1. The van der Waals surface area contributed by atoms with E-state index in [2.05, 4.69) is 25.7 Å². The molecule has 0 aliphatic carbocycles. The van der Waals surface area contributed by atoms with Gasteiger partial charge in [0.15, 0.2) is 0 Å². The third-order valence-electron chi connectivity index (χ3n) is 4.70. The van der Waals surface area contributed by atoms with Crippen LogP contribution in [0.1, 0.15) is 20.8 Å². The number of amides is 2. The highest BCUT2D eigenvalue weighted by molar-refractivity contribution is 7.91. The fraction of sp³-hybridized carbons (Fsp3) is 0.227. The van der Waals surface area contributed by atoms with Crippen molar-refractivity contribution < 1.29 is 31.2 Å². The maximum absolute atomic E-state index is 12.5. The van der Waals surface area contributed by atoms with E-state index < -0.39 is 34.2 Å². The summed E-state index contributed by atoms with van der Waals surface area (Å²) in [6, 6.07) is 11.3. The van der Waals surface area contributed by atoms with E-state index >= 15 is 0 Å². The van der Waals surface area contributed by atoms with E-state index in [-0.39, 0.29) is 35.6 Å². The number of benzene rings is 1. The Kier molecular flexibility index (Phi) is 9.48. The number of sulfonamides is 1. The second-order valence-corrected chi connectivity index (χ2v) is 11.0. The van der Waals surface area contributed by atoms with E-state index in [4.69, 9.17) is 11.6 Å². The van der Waals surface area contributed by atoms with Crippen molar-refractivity contribution in [2.75, 3.05) is 25.0 Å². The standard InChI is InChI=1S/C22H21ClF3N5O4S2/c23-16-4-1-14(2-5-16)21(33)30-12-17-6-8-20(36-17)37(34,35)31-13-19(32)28-10-9-27-18-7-3-15(11-29-18)22(24,25)26/h1-8,11,31H,9-10,12-13H2,(H,27,29)(H,28,32)(H,30,33). The molecule has 15 heteroatoms. The summed E-state index contributed by atoms with van der Waals surface area (Å²) in [5, 5.41) is 8.41. The minimum atomic E-state index is -4.48. The lowest BCUT2D eigenvalue weighted by atomic mass is 10.2. The van der Waals surface area contributed by atoms with Crippen molar-refractivity contribution in [2.24, 2.45) is 0 Å². The number of rotatable bonds is 11. The quantitative estimate of drug-likeness (QED) is 0.260. The van der Waals surface area contributed by atoms with Crippen molar-refractivity contribution in [1.29, 1.82) is 0 Å². The van der Waals surface area contributed by atoms with Gasteiger partial charge in [0.2, 0.25) is 5.91 Å². The number of nitrogens with one attached hydrogen (secondary N) is 4. The van der Waals surface area contributed by atoms with Gasteiger partial charge in [0.05, 0.1) is 18.7 Å². The van der Waals surface area contributed by atoms with Crippen LogP contribution in [0.5, 0.6) is 0 Å². The smallest absolute Gasteiger partial charge is 0.368 e. The molecule has 0 radical (unpaired) electrons. The van der Waals surface area contributed by atoms with Crippen LogP contribution in [-0.4, -0.2) is 44.9 Å². The first-order chi connectivity index (χ1) is 17.4. The second kappa shape index (κ2) is 12.4. The van der Waals surface area contributed by atoms with E-state index in [1.807, 2.05) is 0 Å². The van der Waals surface area contributed by atoms with Crippen molar-refractivity contribution in [3.63, 3.8) is 0 Å². The molecule has 198 valence electrons. The lowest BCUT2D eigenvalue weighted by Crippen LogP contribution is -2.38. The molecule has 0 spiro atoms. The summed E-state index contributed by atoms with van der Waals surface area (Å²) in [5.41, 5.74) is -0.466. The Bertz CT molecular complexity index is 1330. The van der Waals surface area contributed by atoms with Crippen LogP contribution in [0.15, 0.2) is 58.9 Å². The van der Waals surface area contributed by atoms with Gasteiger partial charge in [-0.25, -0.2) is 18.1 Å². The Morgan fingerprint density at radius 3 is 2.35 bits per heavy atom. The summed E-state index contributed by atoms with van der Waals surface area (Å²) in [5.74, 6) is -0.744. The van der Waals surface area contributed by atoms with Gasteiger partial charge in [-0.1, -0.05) is 11.6 Å². The molecular formula is C22H21ClF3N5O4S2. The van der Waals surface area contributed by atoms with Crippen molar-refractivity contribution in [2.45, 2.75) is 16.9 Å². The van der Waals surface area contributed by atoms with Crippen LogP contribution in [0.4, 0.5) is 19.0 Å². The normalized spacial score (nSPS) is 11.7. The second-order valence-electron chi connectivity index (χ2n) is 7.44.